The Morgan fingerprint density at radius 1 is 1.07 bits per heavy atom. The Labute approximate surface area is 236 Å². The van der Waals surface area contributed by atoms with E-state index in [1.54, 1.807) is 31.2 Å². The number of carboxylic acids is 1. The molecule has 1 atom stereocenters. The van der Waals surface area contributed by atoms with Gasteiger partial charge >= 0.3 is 18.0 Å². The van der Waals surface area contributed by atoms with E-state index < -0.39 is 35.9 Å². The van der Waals surface area contributed by atoms with E-state index in [4.69, 9.17) is 9.47 Å². The largest absolute Gasteiger partial charge is 0.481 e. The van der Waals surface area contributed by atoms with Crippen LogP contribution in [0.4, 0.5) is 4.79 Å². The van der Waals surface area contributed by atoms with Crippen molar-refractivity contribution in [2.75, 3.05) is 46.5 Å². The number of nitrogens with zero attached hydrogens (tertiary/aromatic N) is 4. The average Bonchev–Trinajstić information content (AvgIpc) is 3.41. The lowest BCUT2D eigenvalue weighted by atomic mass is 10.1. The van der Waals surface area contributed by atoms with Crippen molar-refractivity contribution < 1.29 is 43.3 Å². The maximum Gasteiger partial charge on any atom is 0.409 e. The smallest absolute Gasteiger partial charge is 0.409 e. The second-order valence-electron chi connectivity index (χ2n) is 8.82. The van der Waals surface area contributed by atoms with Crippen LogP contribution in [0.5, 0.6) is 5.88 Å². The highest BCUT2D eigenvalue weighted by atomic mass is 16.6. The van der Waals surface area contributed by atoms with E-state index in [0.717, 1.165) is 0 Å². The van der Waals surface area contributed by atoms with Gasteiger partial charge in [0.25, 0.3) is 5.91 Å². The minimum absolute atomic E-state index is 0.0216. The molecule has 14 nitrogen and oxygen atoms in total. The number of ether oxygens (including phenoxy) is 3. The molecule has 0 aliphatic carbocycles. The molecule has 1 aliphatic rings. The number of aliphatic carboxylic acids is 1. The summed E-state index contributed by atoms with van der Waals surface area (Å²) in [6.07, 6.45) is 1.68. The van der Waals surface area contributed by atoms with Crippen LogP contribution in [0.3, 0.4) is 0 Å². The van der Waals surface area contributed by atoms with Gasteiger partial charge in [-0.1, -0.05) is 18.2 Å². The SMILES string of the molecule is CCOC(=O)N1CCN(C(=O)C(CCC(=O)O)NC(=O)c2cc(OCC=CC(=O)OC)n(-c3ccccc3)n2)CC1. The van der Waals surface area contributed by atoms with Crippen molar-refractivity contribution in [3.8, 4) is 11.6 Å². The molecule has 3 rings (SSSR count). The Hall–Kier alpha value is -4.88. The molecule has 41 heavy (non-hydrogen) atoms. The number of benzene rings is 1. The third-order valence-corrected chi connectivity index (χ3v) is 6.06. The predicted octanol–water partition coefficient (Wildman–Crippen LogP) is 1.24. The Morgan fingerprint density at radius 3 is 2.39 bits per heavy atom. The number of amides is 3. The highest BCUT2D eigenvalue weighted by molar-refractivity contribution is 5.96. The standard InChI is InChI=1S/C27H33N5O9/c1-3-40-27(38)31-15-13-30(14-16-31)26(37)20(11-12-23(33)34)28-25(36)21-18-22(41-17-7-10-24(35)39-2)32(29-21)19-8-5-4-6-9-19/h4-10,18,20H,3,11-17H2,1-2H3,(H,28,36)(H,33,34). The number of rotatable bonds is 12. The number of carboxylic acid groups (broad SMARTS) is 1. The van der Waals surface area contributed by atoms with Gasteiger partial charge in [-0.3, -0.25) is 14.4 Å². The number of methoxy groups -OCH3 is 1. The summed E-state index contributed by atoms with van der Waals surface area (Å²) in [4.78, 5) is 64.1. The third-order valence-electron chi connectivity index (χ3n) is 6.06. The zero-order chi connectivity index (χ0) is 29.8. The second kappa shape index (κ2) is 15.1. The van der Waals surface area contributed by atoms with Crippen LogP contribution in [-0.2, 0) is 23.9 Å². The van der Waals surface area contributed by atoms with Crippen LogP contribution in [0.1, 0.15) is 30.3 Å². The van der Waals surface area contributed by atoms with E-state index in [2.05, 4.69) is 15.2 Å². The van der Waals surface area contributed by atoms with E-state index in [1.165, 1.54) is 39.8 Å². The van der Waals surface area contributed by atoms with Crippen LogP contribution >= 0.6 is 0 Å². The van der Waals surface area contributed by atoms with Gasteiger partial charge in [0, 0.05) is 44.7 Å². The van der Waals surface area contributed by atoms with Gasteiger partial charge in [0.1, 0.15) is 12.6 Å². The molecule has 0 bridgehead atoms. The molecular weight excluding hydrogens is 538 g/mol. The second-order valence-corrected chi connectivity index (χ2v) is 8.82. The van der Waals surface area contributed by atoms with E-state index in [-0.39, 0.29) is 63.8 Å². The molecular formula is C27H33N5O9. The van der Waals surface area contributed by atoms with Gasteiger partial charge in [-0.15, -0.1) is 0 Å². The number of nitrogens with one attached hydrogen (secondary N) is 1. The van der Waals surface area contributed by atoms with E-state index in [0.29, 0.717) is 5.69 Å². The topological polar surface area (TPSA) is 170 Å². The number of carbonyl (C=O) groups excluding carboxylic acids is 4. The van der Waals surface area contributed by atoms with Crippen LogP contribution in [0.15, 0.2) is 48.6 Å². The number of aromatic nitrogens is 2. The Morgan fingerprint density at radius 2 is 1.76 bits per heavy atom. The fraction of sp³-hybridized carbons (Fsp3) is 0.407. The summed E-state index contributed by atoms with van der Waals surface area (Å²) < 4.78 is 16.7. The molecule has 14 heteroatoms. The zero-order valence-corrected chi connectivity index (χ0v) is 22.9. The fourth-order valence-corrected chi connectivity index (χ4v) is 3.98. The van der Waals surface area contributed by atoms with Crippen molar-refractivity contribution in [3.05, 3.63) is 54.2 Å². The van der Waals surface area contributed by atoms with Gasteiger partial charge < -0.3 is 34.4 Å². The van der Waals surface area contributed by atoms with Crippen molar-refractivity contribution in [2.45, 2.75) is 25.8 Å². The summed E-state index contributed by atoms with van der Waals surface area (Å²) in [6, 6.07) is 9.11. The van der Waals surface area contributed by atoms with Crippen LogP contribution in [0, 0.1) is 0 Å². The molecule has 1 aromatic carbocycles. The molecule has 0 spiro atoms. The fourth-order valence-electron chi connectivity index (χ4n) is 3.98. The van der Waals surface area contributed by atoms with Gasteiger partial charge in [-0.05, 0) is 31.6 Å². The summed E-state index contributed by atoms with van der Waals surface area (Å²) in [5, 5.41) is 16.2. The predicted molar refractivity (Wildman–Crippen MR) is 144 cm³/mol. The van der Waals surface area contributed by atoms with Gasteiger partial charge in [-0.25, -0.2) is 14.3 Å². The molecule has 1 unspecified atom stereocenters. The average molecular weight is 572 g/mol. The van der Waals surface area contributed by atoms with Crippen molar-refractivity contribution in [1.82, 2.24) is 24.9 Å². The summed E-state index contributed by atoms with van der Waals surface area (Å²) >= 11 is 0. The van der Waals surface area contributed by atoms with Gasteiger partial charge in [0.15, 0.2) is 5.69 Å². The molecule has 1 aromatic heterocycles. The van der Waals surface area contributed by atoms with Crippen LogP contribution in [0.25, 0.3) is 5.69 Å². The summed E-state index contributed by atoms with van der Waals surface area (Å²) in [7, 11) is 1.25. The molecule has 2 heterocycles. The first-order valence-corrected chi connectivity index (χ1v) is 13.0. The maximum absolute atomic E-state index is 13.3. The quantitative estimate of drug-likeness (QED) is 0.279. The summed E-state index contributed by atoms with van der Waals surface area (Å²) in [5.74, 6) is -2.64. The zero-order valence-electron chi connectivity index (χ0n) is 22.9. The number of esters is 1. The lowest BCUT2D eigenvalue weighted by molar-refractivity contribution is -0.138. The van der Waals surface area contributed by atoms with E-state index in [9.17, 15) is 29.1 Å². The number of para-hydroxylation sites is 1. The van der Waals surface area contributed by atoms with Crippen LogP contribution in [0.2, 0.25) is 0 Å². The van der Waals surface area contributed by atoms with Gasteiger partial charge in [0.05, 0.1) is 19.4 Å². The molecule has 1 aliphatic heterocycles. The van der Waals surface area contributed by atoms with Crippen molar-refractivity contribution in [2.24, 2.45) is 0 Å². The Balaban J connectivity index is 1.76. The van der Waals surface area contributed by atoms with Crippen molar-refractivity contribution in [3.63, 3.8) is 0 Å². The first kappa shape index (κ1) is 30.7. The maximum atomic E-state index is 13.3. The molecule has 3 amide bonds. The number of carbonyl (C=O) groups is 5. The molecule has 2 aromatic rings. The summed E-state index contributed by atoms with van der Waals surface area (Å²) in [6.45, 7) is 2.82. The Bertz CT molecular complexity index is 1250. The minimum atomic E-state index is -1.14. The molecule has 2 N–H and O–H groups in total. The van der Waals surface area contributed by atoms with Crippen molar-refractivity contribution >= 4 is 29.8 Å². The number of hydrogen-bond donors (Lipinski definition) is 2. The summed E-state index contributed by atoms with van der Waals surface area (Å²) in [5.41, 5.74) is 0.525. The first-order valence-electron chi connectivity index (χ1n) is 13.0. The molecule has 1 saturated heterocycles. The van der Waals surface area contributed by atoms with E-state index >= 15 is 0 Å². The third kappa shape index (κ3) is 8.81. The van der Waals surface area contributed by atoms with Gasteiger partial charge in [0.2, 0.25) is 11.8 Å². The monoisotopic (exact) mass is 571 g/mol. The van der Waals surface area contributed by atoms with Gasteiger partial charge in [-0.2, -0.15) is 5.10 Å². The lowest BCUT2D eigenvalue weighted by Gasteiger charge is -2.35. The highest BCUT2D eigenvalue weighted by Gasteiger charge is 2.31. The van der Waals surface area contributed by atoms with Crippen molar-refractivity contribution in [1.29, 1.82) is 0 Å². The lowest BCUT2D eigenvalue weighted by Crippen LogP contribution is -2.56. The molecule has 220 valence electrons. The number of piperazine rings is 1. The molecule has 0 radical (unpaired) electrons. The van der Waals surface area contributed by atoms with Crippen LogP contribution in [-0.4, -0.2) is 107 Å². The Kier molecular flexibility index (Phi) is 11.3. The normalized spacial score (nSPS) is 13.9. The highest BCUT2D eigenvalue weighted by Crippen LogP contribution is 2.20. The first-order chi connectivity index (χ1) is 19.7. The van der Waals surface area contributed by atoms with E-state index in [1.807, 2.05) is 6.07 Å². The molecule has 1 fully saturated rings. The minimum Gasteiger partial charge on any atom is -0.481 e. The van der Waals surface area contributed by atoms with Crippen LogP contribution < -0.4 is 10.1 Å². The number of hydrogen-bond acceptors (Lipinski definition) is 9. The molecule has 0 saturated carbocycles.